The van der Waals surface area contributed by atoms with E-state index in [1.54, 1.807) is 19.9 Å². The molecule has 2 heterocycles. The topological polar surface area (TPSA) is 304 Å². The Hall–Kier alpha value is -6.31. The molecule has 360 valence electrons. The van der Waals surface area contributed by atoms with Crippen LogP contribution in [-0.4, -0.2) is 123 Å². The summed E-state index contributed by atoms with van der Waals surface area (Å²) >= 11 is 0. The average molecular weight is 926 g/mol. The predicted molar refractivity (Wildman–Crippen MR) is 249 cm³/mol. The molecule has 0 saturated carbocycles. The van der Waals surface area contributed by atoms with Crippen LogP contribution in [0.15, 0.2) is 54.6 Å². The van der Waals surface area contributed by atoms with Gasteiger partial charge in [-0.15, -0.1) is 0 Å². The second-order valence-corrected chi connectivity index (χ2v) is 18.2. The number of carbonyl (C=O) groups is 5. The number of nitrogens with one attached hydrogen (secondary N) is 1. The van der Waals surface area contributed by atoms with E-state index in [9.17, 15) is 44.4 Å². The van der Waals surface area contributed by atoms with Crippen molar-refractivity contribution in [3.05, 3.63) is 88.2 Å². The van der Waals surface area contributed by atoms with Gasteiger partial charge in [-0.2, -0.15) is 0 Å². The highest BCUT2D eigenvalue weighted by Crippen LogP contribution is 2.45. The number of rotatable bonds is 16. The number of carboxylic acids is 1. The summed E-state index contributed by atoms with van der Waals surface area (Å²) < 4.78 is 11.8. The maximum atomic E-state index is 14.7. The number of aliphatic hydroxyl groups excluding tert-OH is 2. The number of aliphatic carboxylic acids is 1. The monoisotopic (exact) mass is 925 g/mol. The lowest BCUT2D eigenvalue weighted by Gasteiger charge is -2.32. The molecule has 18 nitrogen and oxygen atoms in total. The molecule has 1 aromatic heterocycles. The normalized spacial score (nSPS) is 17.9. The van der Waals surface area contributed by atoms with E-state index in [1.165, 1.54) is 38.2 Å². The molecule has 5 rings (SSSR count). The number of fused-ring (bicyclic) bond motifs is 5. The number of hydrogen-bond donors (Lipinski definition) is 8. The van der Waals surface area contributed by atoms with Crippen LogP contribution in [0, 0.1) is 25.7 Å². The van der Waals surface area contributed by atoms with Crippen LogP contribution in [0.2, 0.25) is 0 Å². The van der Waals surface area contributed by atoms with Gasteiger partial charge in [0.1, 0.15) is 43.3 Å². The van der Waals surface area contributed by atoms with E-state index >= 15 is 0 Å². The Bertz CT molecular complexity index is 2450. The SMILES string of the molecule is Cc1nc(-c2ccc(C(C)(C)C)cc2)nc(C)c1C(=O)C[C@@H](CN)C(=O)N(C)[C@@H]1C(=O)C[C@@H](C)C(=O)N[C@H](C(=O)O)Cc2ccc(OC[C@H](O)CN)c(c2)-c2cc1cc(OC[C@H](O)CN)c2O. The van der Waals surface area contributed by atoms with Crippen molar-refractivity contribution in [1.82, 2.24) is 20.2 Å². The number of phenols is 1. The molecule has 11 N–H and O–H groups in total. The lowest BCUT2D eigenvalue weighted by Crippen LogP contribution is -2.46. The van der Waals surface area contributed by atoms with Crippen LogP contribution in [0.25, 0.3) is 22.5 Å². The number of aromatic nitrogens is 2. The Morgan fingerprint density at radius 2 is 1.45 bits per heavy atom. The number of carbonyl (C=O) groups excluding carboxylic acids is 4. The smallest absolute Gasteiger partial charge is 0.326 e. The molecule has 4 bridgehead atoms. The van der Waals surface area contributed by atoms with Gasteiger partial charge in [-0.1, -0.05) is 58.0 Å². The summed E-state index contributed by atoms with van der Waals surface area (Å²) in [4.78, 5) is 80.0. The number of ketones is 2. The zero-order valence-electron chi connectivity index (χ0n) is 39.0. The quantitative estimate of drug-likeness (QED) is 0.0750. The van der Waals surface area contributed by atoms with Crippen molar-refractivity contribution in [2.24, 2.45) is 29.0 Å². The van der Waals surface area contributed by atoms with Crippen LogP contribution in [0.5, 0.6) is 17.2 Å². The summed E-state index contributed by atoms with van der Waals surface area (Å²) in [6.45, 7) is 9.84. The van der Waals surface area contributed by atoms with Gasteiger partial charge in [0.15, 0.2) is 28.9 Å². The fraction of sp³-hybridized carbons (Fsp3) is 0.449. The fourth-order valence-corrected chi connectivity index (χ4v) is 7.91. The van der Waals surface area contributed by atoms with E-state index < -0.39 is 84.3 Å². The Morgan fingerprint density at radius 3 is 2.00 bits per heavy atom. The van der Waals surface area contributed by atoms with Gasteiger partial charge in [-0.25, -0.2) is 14.8 Å². The van der Waals surface area contributed by atoms with Crippen LogP contribution in [0.1, 0.15) is 85.0 Å². The van der Waals surface area contributed by atoms with Crippen LogP contribution < -0.4 is 32.0 Å². The molecule has 0 saturated heterocycles. The summed E-state index contributed by atoms with van der Waals surface area (Å²) in [5.41, 5.74) is 21.0. The van der Waals surface area contributed by atoms with Gasteiger partial charge < -0.3 is 57.3 Å². The number of ether oxygens (including phenoxy) is 2. The van der Waals surface area contributed by atoms with E-state index in [4.69, 9.17) is 26.7 Å². The largest absolute Gasteiger partial charge is 0.504 e. The van der Waals surface area contributed by atoms with E-state index in [2.05, 4.69) is 36.1 Å². The number of phenolic OH excluding ortho intramolecular Hbond substituents is 1. The molecule has 0 spiro atoms. The minimum Gasteiger partial charge on any atom is -0.504 e. The van der Waals surface area contributed by atoms with E-state index in [0.717, 1.165) is 16.0 Å². The van der Waals surface area contributed by atoms with Crippen molar-refractivity contribution in [2.75, 3.05) is 39.9 Å². The zero-order chi connectivity index (χ0) is 49.5. The number of carboxylic acid groups (broad SMARTS) is 1. The van der Waals surface area contributed by atoms with Crippen molar-refractivity contribution in [2.45, 2.75) is 90.5 Å². The molecular formula is C49H63N7O11. The zero-order valence-corrected chi connectivity index (χ0v) is 39.0. The Morgan fingerprint density at radius 1 is 0.851 bits per heavy atom. The first-order chi connectivity index (χ1) is 31.6. The van der Waals surface area contributed by atoms with E-state index in [-0.39, 0.29) is 78.3 Å². The fourth-order valence-electron chi connectivity index (χ4n) is 7.91. The van der Waals surface area contributed by atoms with Crippen LogP contribution >= 0.6 is 0 Å². The number of aryl methyl sites for hydroxylation is 2. The summed E-state index contributed by atoms with van der Waals surface area (Å²) in [7, 11) is 1.35. The molecule has 2 amide bonds. The summed E-state index contributed by atoms with van der Waals surface area (Å²) in [5, 5.41) is 45.2. The lowest BCUT2D eigenvalue weighted by atomic mass is 9.86. The molecule has 6 atom stereocenters. The van der Waals surface area contributed by atoms with Gasteiger partial charge >= 0.3 is 5.97 Å². The third-order valence-electron chi connectivity index (χ3n) is 11.8. The molecule has 1 aliphatic rings. The molecule has 0 unspecified atom stereocenters. The number of aliphatic hydroxyl groups is 2. The van der Waals surface area contributed by atoms with Gasteiger partial charge in [-0.3, -0.25) is 19.2 Å². The number of nitrogens with two attached hydrogens (primary N) is 3. The molecular weight excluding hydrogens is 863 g/mol. The molecule has 1 aliphatic heterocycles. The number of nitrogens with zero attached hydrogens (tertiary/aromatic N) is 3. The third-order valence-corrected chi connectivity index (χ3v) is 11.8. The highest BCUT2D eigenvalue weighted by molar-refractivity contribution is 6.01. The summed E-state index contributed by atoms with van der Waals surface area (Å²) in [6.07, 6.45) is -3.34. The van der Waals surface area contributed by atoms with Crippen molar-refractivity contribution >= 4 is 29.4 Å². The van der Waals surface area contributed by atoms with Crippen molar-refractivity contribution in [1.29, 1.82) is 0 Å². The van der Waals surface area contributed by atoms with Gasteiger partial charge in [0.25, 0.3) is 0 Å². The van der Waals surface area contributed by atoms with E-state index in [1.807, 2.05) is 24.3 Å². The van der Waals surface area contributed by atoms with Crippen LogP contribution in [-0.2, 0) is 31.0 Å². The minimum absolute atomic E-state index is 0.00131. The first-order valence-corrected chi connectivity index (χ1v) is 22.1. The second kappa shape index (κ2) is 22.0. The number of hydrogen-bond acceptors (Lipinski definition) is 15. The molecule has 0 fully saturated rings. The standard InChI is InChI=1S/C49H63N7O11/c1-25-14-39(60)43(56(7)47(63)31(20-50)18-38(59)42-26(2)53-45(54-27(42)3)29-9-11-32(12-10-29)49(4,5)6)30-17-36(44(61)41(19-30)67-24-34(58)22-52)35-15-28(16-37(48(64)65)55-46(25)62)8-13-40(35)66-23-33(57)21-51/h8-13,15,17,19,25,31,33-34,37,43,57-58,61H,14,16,18,20-24,50-52H2,1-7H3,(H,55,62)(H,64,65)/t25-,31+,33-,34-,37+,43+/m1/s1. The Labute approximate surface area is 389 Å². The van der Waals surface area contributed by atoms with Crippen molar-refractivity contribution in [3.63, 3.8) is 0 Å². The van der Waals surface area contributed by atoms with Gasteiger partial charge in [0.05, 0.1) is 22.9 Å². The predicted octanol–water partition coefficient (Wildman–Crippen LogP) is 2.90. The molecule has 18 heteroatoms. The molecule has 0 aliphatic carbocycles. The second-order valence-electron chi connectivity index (χ2n) is 18.2. The van der Waals surface area contributed by atoms with Gasteiger partial charge in [-0.05, 0) is 60.2 Å². The van der Waals surface area contributed by atoms with Gasteiger partial charge in [0.2, 0.25) is 11.8 Å². The number of benzene rings is 3. The number of Topliss-reactive ketones (excluding diaryl/α,β-unsaturated/α-hetero) is 2. The first kappa shape index (κ1) is 51.7. The number of likely N-dealkylation sites (N-methyl/N-ethyl adjacent to an activating group) is 1. The molecule has 67 heavy (non-hydrogen) atoms. The van der Waals surface area contributed by atoms with Crippen molar-refractivity contribution in [3.8, 4) is 39.8 Å². The maximum absolute atomic E-state index is 14.7. The number of amides is 2. The van der Waals surface area contributed by atoms with Crippen molar-refractivity contribution < 1.29 is 53.9 Å². The Kier molecular flexibility index (Phi) is 17.0. The highest BCUT2D eigenvalue weighted by atomic mass is 16.5. The average Bonchev–Trinajstić information content (AvgIpc) is 3.28. The van der Waals surface area contributed by atoms with Gasteiger partial charge in [0, 0.05) is 68.6 Å². The number of aromatic hydroxyl groups is 1. The third kappa shape index (κ3) is 12.4. The molecule has 3 aromatic carbocycles. The van der Waals surface area contributed by atoms with Crippen LogP contribution in [0.4, 0.5) is 0 Å². The minimum atomic E-state index is -1.52. The van der Waals surface area contributed by atoms with Crippen LogP contribution in [0.3, 0.4) is 0 Å². The maximum Gasteiger partial charge on any atom is 0.326 e. The molecule has 4 aromatic rings. The molecule has 0 radical (unpaired) electrons. The highest BCUT2D eigenvalue weighted by Gasteiger charge is 2.37. The summed E-state index contributed by atoms with van der Waals surface area (Å²) in [5.74, 6) is -6.36. The Balaban J connectivity index is 1.61. The summed E-state index contributed by atoms with van der Waals surface area (Å²) in [6, 6.07) is 12.2. The van der Waals surface area contributed by atoms with E-state index in [0.29, 0.717) is 22.8 Å². The first-order valence-electron chi connectivity index (χ1n) is 22.1. The lowest BCUT2D eigenvalue weighted by molar-refractivity contribution is -0.143.